The Bertz CT molecular complexity index is 567. The van der Waals surface area contributed by atoms with E-state index in [1.54, 1.807) is 6.92 Å². The third kappa shape index (κ3) is 3.49. The molecule has 1 atom stereocenters. The first-order chi connectivity index (χ1) is 8.83. The lowest BCUT2D eigenvalue weighted by Gasteiger charge is -2.15. The first-order valence-corrected chi connectivity index (χ1v) is 7.28. The van der Waals surface area contributed by atoms with Crippen molar-refractivity contribution < 1.29 is 13.3 Å². The molecule has 0 aromatic heterocycles. The smallest absolute Gasteiger partial charge is 0.273 e. The number of rotatable bonds is 6. The van der Waals surface area contributed by atoms with Crippen LogP contribution in [0.2, 0.25) is 0 Å². The summed E-state index contributed by atoms with van der Waals surface area (Å²) in [4.78, 5) is 10.1. The third-order valence-corrected chi connectivity index (χ3v) is 4.51. The maximum absolute atomic E-state index is 12.2. The fourth-order valence-corrected chi connectivity index (χ4v) is 3.27. The van der Waals surface area contributed by atoms with Gasteiger partial charge in [0.15, 0.2) is 0 Å². The molecule has 106 valence electrons. The number of hydrogen-bond donors (Lipinski definition) is 2. The van der Waals surface area contributed by atoms with Gasteiger partial charge >= 0.3 is 0 Å². The lowest BCUT2D eigenvalue weighted by molar-refractivity contribution is -0.385. The maximum Gasteiger partial charge on any atom is 0.273 e. The van der Waals surface area contributed by atoms with Crippen LogP contribution in [0.4, 0.5) is 5.69 Å². The van der Waals surface area contributed by atoms with Gasteiger partial charge in [0, 0.05) is 24.2 Å². The molecule has 0 radical (unpaired) electrons. The fourth-order valence-electron chi connectivity index (χ4n) is 1.67. The van der Waals surface area contributed by atoms with Gasteiger partial charge in [0.2, 0.25) is 10.0 Å². The topological polar surface area (TPSA) is 115 Å². The van der Waals surface area contributed by atoms with Crippen LogP contribution in [0.1, 0.15) is 18.9 Å². The van der Waals surface area contributed by atoms with Crippen LogP contribution >= 0.6 is 0 Å². The first kappa shape index (κ1) is 15.5. The summed E-state index contributed by atoms with van der Waals surface area (Å²) in [5.41, 5.74) is 5.35. The molecule has 1 unspecified atom stereocenters. The molecule has 0 spiro atoms. The van der Waals surface area contributed by atoms with E-state index in [9.17, 15) is 18.5 Å². The van der Waals surface area contributed by atoms with Crippen LogP contribution in [0.3, 0.4) is 0 Å². The standard InChI is InChI=1S/C11H17N3O4S/c1-3-9(7-12)13-19(17,18)11-6-4-5-10(8(11)2)14(15)16/h4-6,9,13H,3,7,12H2,1-2H3. The minimum Gasteiger partial charge on any atom is -0.329 e. The summed E-state index contributed by atoms with van der Waals surface area (Å²) < 4.78 is 26.8. The van der Waals surface area contributed by atoms with E-state index in [1.165, 1.54) is 25.1 Å². The van der Waals surface area contributed by atoms with E-state index >= 15 is 0 Å². The molecule has 8 heteroatoms. The number of sulfonamides is 1. The van der Waals surface area contributed by atoms with E-state index in [2.05, 4.69) is 4.72 Å². The maximum atomic E-state index is 12.2. The summed E-state index contributed by atoms with van der Waals surface area (Å²) in [7, 11) is -3.80. The molecule has 0 aliphatic rings. The minimum atomic E-state index is -3.80. The van der Waals surface area contributed by atoms with Crippen molar-refractivity contribution in [2.24, 2.45) is 5.73 Å². The van der Waals surface area contributed by atoms with Gasteiger partial charge in [0.05, 0.1) is 9.82 Å². The lowest BCUT2D eigenvalue weighted by atomic mass is 10.2. The molecule has 1 aromatic carbocycles. The summed E-state index contributed by atoms with van der Waals surface area (Å²) >= 11 is 0. The van der Waals surface area contributed by atoms with Crippen molar-refractivity contribution in [3.8, 4) is 0 Å². The first-order valence-electron chi connectivity index (χ1n) is 5.79. The average molecular weight is 287 g/mol. The Morgan fingerprint density at radius 3 is 2.58 bits per heavy atom. The van der Waals surface area contributed by atoms with Gasteiger partial charge in [0.1, 0.15) is 0 Å². The van der Waals surface area contributed by atoms with Crippen LogP contribution in [0.5, 0.6) is 0 Å². The molecule has 1 rings (SSSR count). The quantitative estimate of drug-likeness (QED) is 0.596. The van der Waals surface area contributed by atoms with Crippen molar-refractivity contribution in [1.29, 1.82) is 0 Å². The molecule has 3 N–H and O–H groups in total. The molecule has 0 aliphatic heterocycles. The van der Waals surface area contributed by atoms with Crippen LogP contribution in [0.25, 0.3) is 0 Å². The Balaban J connectivity index is 3.22. The number of nitrogens with zero attached hydrogens (tertiary/aromatic N) is 1. The Labute approximate surface area is 112 Å². The number of nitro benzene ring substituents is 1. The predicted molar refractivity (Wildman–Crippen MR) is 71.3 cm³/mol. The Morgan fingerprint density at radius 1 is 1.47 bits per heavy atom. The van der Waals surface area contributed by atoms with Crippen molar-refractivity contribution in [3.63, 3.8) is 0 Å². The average Bonchev–Trinajstić information content (AvgIpc) is 2.35. The van der Waals surface area contributed by atoms with Gasteiger partial charge < -0.3 is 5.73 Å². The summed E-state index contributed by atoms with van der Waals surface area (Å²) in [6.07, 6.45) is 0.545. The van der Waals surface area contributed by atoms with Crippen LogP contribution < -0.4 is 10.5 Å². The third-order valence-electron chi connectivity index (χ3n) is 2.84. The van der Waals surface area contributed by atoms with Gasteiger partial charge in [-0.05, 0) is 19.4 Å². The molecule has 0 fully saturated rings. The summed E-state index contributed by atoms with van der Waals surface area (Å²) in [5, 5.41) is 10.8. The second kappa shape index (κ2) is 6.09. The zero-order chi connectivity index (χ0) is 14.6. The van der Waals surface area contributed by atoms with E-state index in [1.807, 2.05) is 0 Å². The molecule has 7 nitrogen and oxygen atoms in total. The number of benzene rings is 1. The second-order valence-electron chi connectivity index (χ2n) is 4.12. The molecule has 0 saturated carbocycles. The fraction of sp³-hybridized carbons (Fsp3) is 0.455. The van der Waals surface area contributed by atoms with Gasteiger partial charge in [-0.2, -0.15) is 0 Å². The Kier molecular flexibility index (Phi) is 4.98. The lowest BCUT2D eigenvalue weighted by Crippen LogP contribution is -2.39. The monoisotopic (exact) mass is 287 g/mol. The van der Waals surface area contributed by atoms with Crippen molar-refractivity contribution in [2.75, 3.05) is 6.54 Å². The summed E-state index contributed by atoms with van der Waals surface area (Å²) in [6, 6.07) is 3.58. The highest BCUT2D eigenvalue weighted by atomic mass is 32.2. The Hall–Kier alpha value is -1.51. The molecular weight excluding hydrogens is 270 g/mol. The molecule has 0 amide bonds. The largest absolute Gasteiger partial charge is 0.329 e. The van der Waals surface area contributed by atoms with Crippen molar-refractivity contribution in [1.82, 2.24) is 4.72 Å². The van der Waals surface area contributed by atoms with Crippen LogP contribution in [-0.2, 0) is 10.0 Å². The molecule has 0 aliphatic carbocycles. The van der Waals surface area contributed by atoms with E-state index in [0.717, 1.165) is 0 Å². The van der Waals surface area contributed by atoms with Gasteiger partial charge in [-0.25, -0.2) is 13.1 Å². The summed E-state index contributed by atoms with van der Waals surface area (Å²) in [5.74, 6) is 0. The highest BCUT2D eigenvalue weighted by molar-refractivity contribution is 7.89. The highest BCUT2D eigenvalue weighted by Gasteiger charge is 2.24. The molecule has 1 aromatic rings. The van der Waals surface area contributed by atoms with Gasteiger partial charge in [-0.1, -0.05) is 13.0 Å². The van der Waals surface area contributed by atoms with Gasteiger partial charge in [-0.3, -0.25) is 10.1 Å². The number of nitro groups is 1. The number of hydrogen-bond acceptors (Lipinski definition) is 5. The number of nitrogens with two attached hydrogens (primary N) is 1. The van der Waals surface area contributed by atoms with E-state index in [4.69, 9.17) is 5.73 Å². The van der Waals surface area contributed by atoms with E-state index in [0.29, 0.717) is 6.42 Å². The van der Waals surface area contributed by atoms with Gasteiger partial charge in [0.25, 0.3) is 5.69 Å². The van der Waals surface area contributed by atoms with E-state index < -0.39 is 14.9 Å². The molecule has 0 bridgehead atoms. The minimum absolute atomic E-state index is 0.0893. The van der Waals surface area contributed by atoms with Crippen LogP contribution in [0.15, 0.2) is 23.1 Å². The molecular formula is C11H17N3O4S. The Morgan fingerprint density at radius 2 is 2.11 bits per heavy atom. The molecule has 0 heterocycles. The van der Waals surface area contributed by atoms with Crippen LogP contribution in [0, 0.1) is 17.0 Å². The predicted octanol–water partition coefficient (Wildman–Crippen LogP) is 0.919. The molecule has 19 heavy (non-hydrogen) atoms. The van der Waals surface area contributed by atoms with Gasteiger partial charge in [-0.15, -0.1) is 0 Å². The van der Waals surface area contributed by atoms with Crippen molar-refractivity contribution >= 4 is 15.7 Å². The van der Waals surface area contributed by atoms with Crippen molar-refractivity contribution in [2.45, 2.75) is 31.2 Å². The zero-order valence-electron chi connectivity index (χ0n) is 10.8. The second-order valence-corrected chi connectivity index (χ2v) is 5.80. The normalized spacial score (nSPS) is 13.2. The number of nitrogens with one attached hydrogen (secondary N) is 1. The summed E-state index contributed by atoms with van der Waals surface area (Å²) in [6.45, 7) is 3.39. The molecule has 0 saturated heterocycles. The van der Waals surface area contributed by atoms with Crippen molar-refractivity contribution in [3.05, 3.63) is 33.9 Å². The SMILES string of the molecule is CCC(CN)NS(=O)(=O)c1cccc([N+](=O)[O-])c1C. The highest BCUT2D eigenvalue weighted by Crippen LogP contribution is 2.24. The van der Waals surface area contributed by atoms with Crippen LogP contribution in [-0.4, -0.2) is 25.9 Å². The zero-order valence-corrected chi connectivity index (χ0v) is 11.6. The van der Waals surface area contributed by atoms with E-state index in [-0.39, 0.29) is 28.7 Å².